The van der Waals surface area contributed by atoms with Crippen LogP contribution in [0.5, 0.6) is 0 Å². The number of halogens is 2. The molecule has 0 aliphatic rings. The van der Waals surface area contributed by atoms with E-state index in [-0.39, 0.29) is 21.8 Å². The quantitative estimate of drug-likeness (QED) is 0.696. The number of anilines is 1. The Morgan fingerprint density at radius 2 is 2.00 bits per heavy atom. The highest BCUT2D eigenvalue weighted by Gasteiger charge is 2.22. The van der Waals surface area contributed by atoms with Crippen molar-refractivity contribution >= 4 is 29.0 Å². The molecular weight excluding hydrogens is 309 g/mol. The van der Waals surface area contributed by atoms with Gasteiger partial charge in [-0.2, -0.15) is 5.10 Å². The summed E-state index contributed by atoms with van der Waals surface area (Å²) in [6.07, 6.45) is 2.80. The molecule has 2 rings (SSSR count). The number of nitrogens with zero attached hydrogens (tertiary/aromatic N) is 2. The molecule has 0 saturated heterocycles. The van der Waals surface area contributed by atoms with E-state index in [4.69, 9.17) is 11.6 Å². The number of rotatable bonds is 3. The standard InChI is InChI=1S/C15H15ClFN3O2/c1-15(2,3)20-8-9(7-18-20)13(21)14(22)19-12-5-4-10(16)6-11(12)17/h4-8H,1-3H3,(H,19,22). The highest BCUT2D eigenvalue weighted by Crippen LogP contribution is 2.19. The lowest BCUT2D eigenvalue weighted by atomic mass is 10.1. The van der Waals surface area contributed by atoms with Crippen molar-refractivity contribution in [3.05, 3.63) is 47.0 Å². The fraction of sp³-hybridized carbons (Fsp3) is 0.267. The Balaban J connectivity index is 2.16. The van der Waals surface area contributed by atoms with Crippen molar-refractivity contribution in [2.24, 2.45) is 0 Å². The van der Waals surface area contributed by atoms with Gasteiger partial charge in [-0.05, 0) is 39.0 Å². The molecule has 0 radical (unpaired) electrons. The lowest BCUT2D eigenvalue weighted by Crippen LogP contribution is -2.24. The molecule has 0 aliphatic carbocycles. The highest BCUT2D eigenvalue weighted by atomic mass is 35.5. The monoisotopic (exact) mass is 323 g/mol. The zero-order valence-corrected chi connectivity index (χ0v) is 13.1. The van der Waals surface area contributed by atoms with Crippen molar-refractivity contribution in [2.45, 2.75) is 26.3 Å². The van der Waals surface area contributed by atoms with Crippen LogP contribution in [0.1, 0.15) is 31.1 Å². The number of nitrogens with one attached hydrogen (secondary N) is 1. The minimum absolute atomic E-state index is 0.106. The number of aromatic nitrogens is 2. The molecule has 1 heterocycles. The Kier molecular flexibility index (Phi) is 4.32. The van der Waals surface area contributed by atoms with Gasteiger partial charge in [0.25, 0.3) is 11.7 Å². The van der Waals surface area contributed by atoms with Crippen LogP contribution in [0, 0.1) is 5.82 Å². The van der Waals surface area contributed by atoms with E-state index in [0.717, 1.165) is 6.07 Å². The fourth-order valence-electron chi connectivity index (χ4n) is 1.71. The van der Waals surface area contributed by atoms with Gasteiger partial charge in [0.1, 0.15) is 5.82 Å². The first kappa shape index (κ1) is 16.2. The number of amides is 1. The second-order valence-electron chi connectivity index (χ2n) is 5.75. The van der Waals surface area contributed by atoms with E-state index in [0.29, 0.717) is 0 Å². The zero-order valence-electron chi connectivity index (χ0n) is 12.4. The molecule has 0 aliphatic heterocycles. The van der Waals surface area contributed by atoms with Gasteiger partial charge in [0.05, 0.1) is 23.0 Å². The summed E-state index contributed by atoms with van der Waals surface area (Å²) >= 11 is 5.63. The minimum atomic E-state index is -0.935. The number of hydrogen-bond donors (Lipinski definition) is 1. The average molecular weight is 324 g/mol. The summed E-state index contributed by atoms with van der Waals surface area (Å²) in [6, 6.07) is 3.77. The molecule has 1 aromatic heterocycles. The smallest absolute Gasteiger partial charge is 0.296 e. The summed E-state index contributed by atoms with van der Waals surface area (Å²) < 4.78 is 15.2. The molecule has 1 amide bonds. The van der Waals surface area contributed by atoms with E-state index in [1.165, 1.54) is 24.5 Å². The fourth-order valence-corrected chi connectivity index (χ4v) is 1.87. The van der Waals surface area contributed by atoms with Crippen LogP contribution in [0.15, 0.2) is 30.6 Å². The van der Waals surface area contributed by atoms with E-state index in [1.54, 1.807) is 4.68 Å². The number of carbonyl (C=O) groups excluding carboxylic acids is 2. The maximum absolute atomic E-state index is 13.6. The Hall–Kier alpha value is -2.21. The maximum atomic E-state index is 13.6. The van der Waals surface area contributed by atoms with Gasteiger partial charge in [0, 0.05) is 11.2 Å². The molecule has 0 fully saturated rings. The first-order valence-corrected chi connectivity index (χ1v) is 6.92. The summed E-state index contributed by atoms with van der Waals surface area (Å²) in [7, 11) is 0. The van der Waals surface area contributed by atoms with Gasteiger partial charge < -0.3 is 5.32 Å². The molecule has 0 bridgehead atoms. The lowest BCUT2D eigenvalue weighted by Gasteiger charge is -2.18. The third kappa shape index (κ3) is 3.51. The van der Waals surface area contributed by atoms with Crippen molar-refractivity contribution in [3.63, 3.8) is 0 Å². The van der Waals surface area contributed by atoms with Gasteiger partial charge in [-0.1, -0.05) is 11.6 Å². The minimum Gasteiger partial charge on any atom is -0.317 e. The van der Waals surface area contributed by atoms with Crippen LogP contribution >= 0.6 is 11.6 Å². The lowest BCUT2D eigenvalue weighted by molar-refractivity contribution is -0.112. The van der Waals surface area contributed by atoms with Crippen LogP contribution in [0.2, 0.25) is 5.02 Å². The van der Waals surface area contributed by atoms with E-state index < -0.39 is 17.5 Å². The van der Waals surface area contributed by atoms with Crippen molar-refractivity contribution in [1.29, 1.82) is 0 Å². The SMILES string of the molecule is CC(C)(C)n1cc(C(=O)C(=O)Nc2ccc(Cl)cc2F)cn1. The molecule has 1 aromatic carbocycles. The highest BCUT2D eigenvalue weighted by molar-refractivity contribution is 6.46. The predicted molar refractivity (Wildman–Crippen MR) is 81.6 cm³/mol. The molecule has 7 heteroatoms. The molecule has 0 atom stereocenters. The van der Waals surface area contributed by atoms with Crippen LogP contribution in [0.25, 0.3) is 0 Å². The molecule has 0 spiro atoms. The molecule has 1 N–H and O–H groups in total. The van der Waals surface area contributed by atoms with E-state index >= 15 is 0 Å². The number of Topliss-reactive ketones (excluding diaryl/α,β-unsaturated/α-hetero) is 1. The van der Waals surface area contributed by atoms with Crippen molar-refractivity contribution in [1.82, 2.24) is 9.78 Å². The number of benzene rings is 1. The van der Waals surface area contributed by atoms with Gasteiger partial charge >= 0.3 is 0 Å². The maximum Gasteiger partial charge on any atom is 0.296 e. The Morgan fingerprint density at radius 3 is 2.55 bits per heavy atom. The summed E-state index contributed by atoms with van der Waals surface area (Å²) in [5, 5.41) is 6.48. The summed E-state index contributed by atoms with van der Waals surface area (Å²) in [5.41, 5.74) is -0.273. The molecular formula is C15H15ClFN3O2. The van der Waals surface area contributed by atoms with Gasteiger partial charge in [-0.15, -0.1) is 0 Å². The largest absolute Gasteiger partial charge is 0.317 e. The number of hydrogen-bond acceptors (Lipinski definition) is 3. The second-order valence-corrected chi connectivity index (χ2v) is 6.19. The van der Waals surface area contributed by atoms with Crippen LogP contribution in [0.3, 0.4) is 0 Å². The third-order valence-corrected chi connectivity index (χ3v) is 3.15. The van der Waals surface area contributed by atoms with Crippen LogP contribution in [-0.4, -0.2) is 21.5 Å². The molecule has 0 unspecified atom stereocenters. The Labute approximate surface area is 132 Å². The Morgan fingerprint density at radius 1 is 1.32 bits per heavy atom. The van der Waals surface area contributed by atoms with Crippen molar-refractivity contribution < 1.29 is 14.0 Å². The predicted octanol–water partition coefficient (Wildman–Crippen LogP) is 3.25. The first-order valence-electron chi connectivity index (χ1n) is 6.54. The molecule has 5 nitrogen and oxygen atoms in total. The van der Waals surface area contributed by atoms with E-state index in [9.17, 15) is 14.0 Å². The van der Waals surface area contributed by atoms with Crippen molar-refractivity contribution in [2.75, 3.05) is 5.32 Å². The van der Waals surface area contributed by atoms with E-state index in [1.807, 2.05) is 20.8 Å². The summed E-state index contributed by atoms with van der Waals surface area (Å²) in [4.78, 5) is 24.0. The topological polar surface area (TPSA) is 64.0 Å². The summed E-state index contributed by atoms with van der Waals surface area (Å²) in [5.74, 6) is -2.43. The second kappa shape index (κ2) is 5.88. The molecule has 22 heavy (non-hydrogen) atoms. The number of carbonyl (C=O) groups is 2. The van der Waals surface area contributed by atoms with Crippen molar-refractivity contribution in [3.8, 4) is 0 Å². The van der Waals surface area contributed by atoms with Crippen LogP contribution in [-0.2, 0) is 10.3 Å². The normalized spacial score (nSPS) is 11.3. The van der Waals surface area contributed by atoms with Gasteiger partial charge in [-0.25, -0.2) is 4.39 Å². The van der Waals surface area contributed by atoms with Crippen LogP contribution in [0.4, 0.5) is 10.1 Å². The van der Waals surface area contributed by atoms with E-state index in [2.05, 4.69) is 10.4 Å². The third-order valence-electron chi connectivity index (χ3n) is 2.92. The molecule has 116 valence electrons. The van der Waals surface area contributed by atoms with Gasteiger partial charge in [0.2, 0.25) is 0 Å². The van der Waals surface area contributed by atoms with Gasteiger partial charge in [0.15, 0.2) is 0 Å². The summed E-state index contributed by atoms with van der Waals surface area (Å²) in [6.45, 7) is 5.74. The average Bonchev–Trinajstić information content (AvgIpc) is 2.90. The zero-order chi connectivity index (χ0) is 16.5. The molecule has 2 aromatic rings. The molecule has 0 saturated carbocycles. The van der Waals surface area contributed by atoms with Gasteiger partial charge in [-0.3, -0.25) is 14.3 Å². The first-order chi connectivity index (χ1) is 10.2. The Bertz CT molecular complexity index is 735. The van der Waals surface area contributed by atoms with Crippen LogP contribution < -0.4 is 5.32 Å². The number of ketones is 1.